The fourth-order valence-electron chi connectivity index (χ4n) is 3.38. The summed E-state index contributed by atoms with van der Waals surface area (Å²) < 4.78 is 9.07. The Morgan fingerprint density at radius 3 is 2.50 bits per heavy atom. The number of aromatic nitrogens is 2. The molecule has 0 aliphatic heterocycles. The van der Waals surface area contributed by atoms with E-state index >= 15 is 0 Å². The molecule has 154 valence electrons. The number of imidazole rings is 1. The van der Waals surface area contributed by atoms with Crippen molar-refractivity contribution in [3.63, 3.8) is 0 Å². The number of hydrogen-bond acceptors (Lipinski definition) is 3. The number of unbranched alkanes of at least 4 members (excludes halogenated alkanes) is 1. The van der Waals surface area contributed by atoms with E-state index < -0.39 is 0 Å². The maximum Gasteiger partial charge on any atom is 0.208 e. The number of halogens is 1. The first-order valence-electron chi connectivity index (χ1n) is 10.3. The molecule has 1 heterocycles. The van der Waals surface area contributed by atoms with Gasteiger partial charge in [0.05, 0.1) is 17.6 Å². The van der Waals surface area contributed by atoms with E-state index in [2.05, 4.69) is 94.3 Å². The number of anilines is 1. The highest BCUT2D eigenvalue weighted by atomic mass is 79.9. The number of fused-ring (bicyclic) bond motifs is 1. The van der Waals surface area contributed by atoms with Crippen LogP contribution in [-0.4, -0.2) is 16.2 Å². The lowest BCUT2D eigenvalue weighted by atomic mass is 10.2. The van der Waals surface area contributed by atoms with Gasteiger partial charge >= 0.3 is 0 Å². The van der Waals surface area contributed by atoms with Crippen LogP contribution in [-0.2, 0) is 6.54 Å². The Labute approximate surface area is 186 Å². The van der Waals surface area contributed by atoms with Crippen LogP contribution in [0.25, 0.3) is 16.7 Å². The van der Waals surface area contributed by atoms with Gasteiger partial charge in [0.1, 0.15) is 5.75 Å². The third-order valence-corrected chi connectivity index (χ3v) is 5.56. The van der Waals surface area contributed by atoms with E-state index in [1.54, 1.807) is 0 Å². The number of aryl methyl sites for hydroxylation is 1. The first-order valence-corrected chi connectivity index (χ1v) is 11.1. The van der Waals surface area contributed by atoms with E-state index in [9.17, 15) is 0 Å². The number of nitrogens with zero attached hydrogens (tertiary/aromatic N) is 2. The molecule has 0 unspecified atom stereocenters. The summed E-state index contributed by atoms with van der Waals surface area (Å²) in [7, 11) is 0. The van der Waals surface area contributed by atoms with Crippen molar-refractivity contribution in [2.45, 2.75) is 33.2 Å². The molecule has 0 aliphatic rings. The first kappa shape index (κ1) is 20.5. The Balaban J connectivity index is 1.64. The van der Waals surface area contributed by atoms with Gasteiger partial charge in [-0.05, 0) is 73.0 Å². The summed E-state index contributed by atoms with van der Waals surface area (Å²) in [6, 6.07) is 23.0. The number of nitrogens with one attached hydrogen (secondary N) is 1. The Kier molecular flexibility index (Phi) is 6.38. The van der Waals surface area contributed by atoms with Crippen LogP contribution in [0.5, 0.6) is 5.75 Å². The largest absolute Gasteiger partial charge is 0.494 e. The zero-order valence-corrected chi connectivity index (χ0v) is 18.9. The average molecular weight is 464 g/mol. The molecule has 0 saturated heterocycles. The number of ether oxygens (including phenoxy) is 1. The Morgan fingerprint density at radius 2 is 1.77 bits per heavy atom. The third kappa shape index (κ3) is 4.68. The summed E-state index contributed by atoms with van der Waals surface area (Å²) in [6.07, 6.45) is 2.20. The lowest BCUT2D eigenvalue weighted by Gasteiger charge is -2.12. The van der Waals surface area contributed by atoms with Crippen LogP contribution in [0.3, 0.4) is 0 Å². The molecule has 4 nitrogen and oxygen atoms in total. The van der Waals surface area contributed by atoms with Crippen LogP contribution < -0.4 is 10.1 Å². The quantitative estimate of drug-likeness (QED) is 0.289. The van der Waals surface area contributed by atoms with E-state index in [-0.39, 0.29) is 0 Å². The van der Waals surface area contributed by atoms with Gasteiger partial charge < -0.3 is 10.1 Å². The minimum absolute atomic E-state index is 0.702. The highest BCUT2D eigenvalue weighted by Gasteiger charge is 2.13. The normalized spacial score (nSPS) is 11.0. The third-order valence-electron chi connectivity index (χ3n) is 5.04. The van der Waals surface area contributed by atoms with Gasteiger partial charge in [-0.2, -0.15) is 0 Å². The topological polar surface area (TPSA) is 39.1 Å². The van der Waals surface area contributed by atoms with Gasteiger partial charge in [-0.25, -0.2) is 4.98 Å². The summed E-state index contributed by atoms with van der Waals surface area (Å²) in [5.41, 5.74) is 5.52. The SMILES string of the molecule is CCCCOc1ccc(-n2c(NCc3ccc(Br)cc3)nc3cc(C)ccc32)cc1. The summed E-state index contributed by atoms with van der Waals surface area (Å²) in [5, 5.41) is 3.52. The van der Waals surface area contributed by atoms with Crippen LogP contribution in [0.15, 0.2) is 71.2 Å². The molecule has 0 bridgehead atoms. The monoisotopic (exact) mass is 463 g/mol. The van der Waals surface area contributed by atoms with Crippen LogP contribution in [0.4, 0.5) is 5.95 Å². The molecule has 30 heavy (non-hydrogen) atoms. The molecule has 0 radical (unpaired) electrons. The van der Waals surface area contributed by atoms with Gasteiger partial charge in [0.25, 0.3) is 0 Å². The molecular formula is C25H26BrN3O. The molecule has 0 atom stereocenters. The molecule has 3 aromatic carbocycles. The summed E-state index contributed by atoms with van der Waals surface area (Å²) in [5.74, 6) is 1.73. The second-order valence-electron chi connectivity index (χ2n) is 7.44. The van der Waals surface area contributed by atoms with Crippen molar-refractivity contribution in [1.29, 1.82) is 0 Å². The number of rotatable bonds is 8. The zero-order chi connectivity index (χ0) is 20.9. The standard InChI is InChI=1S/C25H26BrN3O/c1-3-4-15-30-22-12-10-21(11-13-22)29-24-14-5-18(2)16-23(24)28-25(29)27-17-19-6-8-20(26)9-7-19/h5-14,16H,3-4,15,17H2,1-2H3,(H,27,28). The molecular weight excluding hydrogens is 438 g/mol. The van der Waals surface area contributed by atoms with Crippen molar-refractivity contribution in [2.75, 3.05) is 11.9 Å². The second-order valence-corrected chi connectivity index (χ2v) is 8.35. The fourth-order valence-corrected chi connectivity index (χ4v) is 3.64. The van der Waals surface area contributed by atoms with Crippen molar-refractivity contribution < 1.29 is 4.74 Å². The van der Waals surface area contributed by atoms with Crippen molar-refractivity contribution in [1.82, 2.24) is 9.55 Å². The lowest BCUT2D eigenvalue weighted by Crippen LogP contribution is -2.06. The summed E-state index contributed by atoms with van der Waals surface area (Å²) >= 11 is 3.49. The molecule has 4 rings (SSSR count). The minimum atomic E-state index is 0.702. The predicted octanol–water partition coefficient (Wildman–Crippen LogP) is 6.89. The molecule has 0 amide bonds. The van der Waals surface area contributed by atoms with Gasteiger partial charge in [-0.3, -0.25) is 4.57 Å². The van der Waals surface area contributed by atoms with Crippen LogP contribution in [0.1, 0.15) is 30.9 Å². The lowest BCUT2D eigenvalue weighted by molar-refractivity contribution is 0.309. The molecule has 0 saturated carbocycles. The number of benzene rings is 3. The van der Waals surface area contributed by atoms with Crippen molar-refractivity contribution in [2.24, 2.45) is 0 Å². The Hall–Kier alpha value is -2.79. The maximum absolute atomic E-state index is 5.82. The van der Waals surface area contributed by atoms with Gasteiger partial charge in [0, 0.05) is 16.7 Å². The average Bonchev–Trinajstić information content (AvgIpc) is 3.11. The number of hydrogen-bond donors (Lipinski definition) is 1. The van der Waals surface area contributed by atoms with E-state index in [0.29, 0.717) is 6.54 Å². The molecule has 0 aliphatic carbocycles. The summed E-state index contributed by atoms with van der Waals surface area (Å²) in [6.45, 7) is 5.72. The molecule has 1 N–H and O–H groups in total. The molecule has 1 aromatic heterocycles. The Morgan fingerprint density at radius 1 is 1.00 bits per heavy atom. The fraction of sp³-hybridized carbons (Fsp3) is 0.240. The van der Waals surface area contributed by atoms with E-state index in [4.69, 9.17) is 9.72 Å². The highest BCUT2D eigenvalue weighted by Crippen LogP contribution is 2.27. The van der Waals surface area contributed by atoms with Gasteiger partial charge in [-0.15, -0.1) is 0 Å². The van der Waals surface area contributed by atoms with Gasteiger partial charge in [0.15, 0.2) is 0 Å². The Bertz CT molecular complexity index is 1120. The molecule has 4 aromatic rings. The minimum Gasteiger partial charge on any atom is -0.494 e. The van der Waals surface area contributed by atoms with Crippen LogP contribution in [0.2, 0.25) is 0 Å². The van der Waals surface area contributed by atoms with E-state index in [1.807, 2.05) is 12.1 Å². The maximum atomic E-state index is 5.82. The van der Waals surface area contributed by atoms with Gasteiger partial charge in [0.2, 0.25) is 5.95 Å². The van der Waals surface area contributed by atoms with Crippen LogP contribution in [0, 0.1) is 6.92 Å². The highest BCUT2D eigenvalue weighted by molar-refractivity contribution is 9.10. The van der Waals surface area contributed by atoms with Crippen LogP contribution >= 0.6 is 15.9 Å². The van der Waals surface area contributed by atoms with Gasteiger partial charge in [-0.1, -0.05) is 47.5 Å². The predicted molar refractivity (Wildman–Crippen MR) is 128 cm³/mol. The second kappa shape index (κ2) is 9.35. The first-order chi connectivity index (χ1) is 14.6. The molecule has 0 fully saturated rings. The molecule has 5 heteroatoms. The zero-order valence-electron chi connectivity index (χ0n) is 17.4. The van der Waals surface area contributed by atoms with Crippen molar-refractivity contribution in [3.8, 4) is 11.4 Å². The van der Waals surface area contributed by atoms with E-state index in [1.165, 1.54) is 11.1 Å². The van der Waals surface area contributed by atoms with Crippen molar-refractivity contribution in [3.05, 3.63) is 82.3 Å². The van der Waals surface area contributed by atoms with E-state index in [0.717, 1.165) is 52.3 Å². The summed E-state index contributed by atoms with van der Waals surface area (Å²) in [4.78, 5) is 4.88. The van der Waals surface area contributed by atoms with Crippen molar-refractivity contribution >= 4 is 32.9 Å². The molecule has 0 spiro atoms. The smallest absolute Gasteiger partial charge is 0.208 e.